The molecule has 1 aliphatic carbocycles. The highest BCUT2D eigenvalue weighted by atomic mass is 35.5. The summed E-state index contributed by atoms with van der Waals surface area (Å²) in [7, 11) is 0. The molecule has 2 amide bonds. The van der Waals surface area contributed by atoms with E-state index < -0.39 is 5.41 Å². The van der Waals surface area contributed by atoms with Crippen LogP contribution in [0, 0.1) is 0 Å². The molecule has 1 saturated heterocycles. The first kappa shape index (κ1) is 21.8. The van der Waals surface area contributed by atoms with Crippen LogP contribution in [0.3, 0.4) is 0 Å². The highest BCUT2D eigenvalue weighted by molar-refractivity contribution is 6.30. The number of hydrogen-bond donors (Lipinski definition) is 1. The third-order valence-electron chi connectivity index (χ3n) is 6.76. The molecule has 2 aromatic rings. The Morgan fingerprint density at radius 3 is 2.48 bits per heavy atom. The van der Waals surface area contributed by atoms with E-state index in [0.29, 0.717) is 11.6 Å². The zero-order chi connectivity index (χ0) is 21.8. The molecule has 0 bridgehead atoms. The van der Waals surface area contributed by atoms with Crippen molar-refractivity contribution in [2.24, 2.45) is 0 Å². The third kappa shape index (κ3) is 4.62. The number of likely N-dealkylation sites (tertiary alicyclic amines) is 1. The van der Waals surface area contributed by atoms with Crippen molar-refractivity contribution in [1.29, 1.82) is 0 Å². The normalized spacial score (nSPS) is 20.5. The van der Waals surface area contributed by atoms with Gasteiger partial charge in [0.2, 0.25) is 11.8 Å². The first-order chi connectivity index (χ1) is 15.0. The molecule has 164 valence electrons. The molecule has 1 aliphatic heterocycles. The lowest BCUT2D eigenvalue weighted by molar-refractivity contribution is -0.140. The molecule has 1 aromatic heterocycles. The first-order valence-electron chi connectivity index (χ1n) is 11.3. The van der Waals surface area contributed by atoms with Crippen LogP contribution in [0.2, 0.25) is 5.02 Å². The molecule has 0 radical (unpaired) electrons. The van der Waals surface area contributed by atoms with E-state index in [1.165, 1.54) is 13.3 Å². The Morgan fingerprint density at radius 2 is 1.84 bits per heavy atom. The number of nitrogens with one attached hydrogen (secondary N) is 1. The molecule has 2 fully saturated rings. The Morgan fingerprint density at radius 1 is 1.10 bits per heavy atom. The van der Waals surface area contributed by atoms with Gasteiger partial charge < -0.3 is 10.2 Å². The van der Waals surface area contributed by atoms with Gasteiger partial charge in [-0.2, -0.15) is 0 Å². The average molecular weight is 440 g/mol. The molecule has 0 unspecified atom stereocenters. The Balaban J connectivity index is 1.58. The van der Waals surface area contributed by atoms with E-state index in [9.17, 15) is 9.59 Å². The summed E-state index contributed by atoms with van der Waals surface area (Å²) in [4.78, 5) is 31.9. The number of rotatable bonds is 5. The molecule has 6 heteroatoms. The van der Waals surface area contributed by atoms with Crippen LogP contribution in [0.4, 0.5) is 0 Å². The lowest BCUT2D eigenvalue weighted by Crippen LogP contribution is -2.48. The minimum Gasteiger partial charge on any atom is -0.352 e. The first-order valence-corrected chi connectivity index (χ1v) is 11.6. The van der Waals surface area contributed by atoms with Crippen LogP contribution >= 0.6 is 11.6 Å². The number of benzene rings is 1. The molecule has 1 aromatic carbocycles. The van der Waals surface area contributed by atoms with Crippen molar-refractivity contribution < 1.29 is 9.59 Å². The molecule has 2 heterocycles. The quantitative estimate of drug-likeness (QED) is 0.717. The highest BCUT2D eigenvalue weighted by Gasteiger charge is 2.46. The Bertz CT molecular complexity index is 921. The van der Waals surface area contributed by atoms with E-state index in [1.54, 1.807) is 0 Å². The van der Waals surface area contributed by atoms with E-state index in [2.05, 4.69) is 15.2 Å². The van der Waals surface area contributed by atoms with Crippen molar-refractivity contribution in [3.8, 4) is 0 Å². The van der Waals surface area contributed by atoms with E-state index in [0.717, 1.165) is 61.9 Å². The van der Waals surface area contributed by atoms with Crippen molar-refractivity contribution in [2.75, 3.05) is 6.54 Å². The summed E-state index contributed by atoms with van der Waals surface area (Å²) in [5.41, 5.74) is 2.52. The zero-order valence-corrected chi connectivity index (χ0v) is 18.8. The molecule has 0 spiro atoms. The van der Waals surface area contributed by atoms with Crippen molar-refractivity contribution in [3.63, 3.8) is 0 Å². The second kappa shape index (κ2) is 9.39. The number of aromatic nitrogens is 1. The van der Waals surface area contributed by atoms with Gasteiger partial charge in [0.05, 0.1) is 17.2 Å². The maximum atomic E-state index is 14.1. The van der Waals surface area contributed by atoms with Gasteiger partial charge in [-0.25, -0.2) is 0 Å². The molecule has 2 aliphatic rings. The fourth-order valence-electron chi connectivity index (χ4n) is 5.11. The van der Waals surface area contributed by atoms with E-state index in [1.807, 2.05) is 42.6 Å². The molecule has 1 N–H and O–H groups in total. The summed E-state index contributed by atoms with van der Waals surface area (Å²) in [6, 6.07) is 11.9. The monoisotopic (exact) mass is 439 g/mol. The average Bonchev–Trinajstić information content (AvgIpc) is 3.28. The van der Waals surface area contributed by atoms with Gasteiger partial charge in [0.25, 0.3) is 0 Å². The Kier molecular flexibility index (Phi) is 6.61. The second-order valence-corrected chi connectivity index (χ2v) is 9.24. The van der Waals surface area contributed by atoms with Gasteiger partial charge in [0.1, 0.15) is 0 Å². The van der Waals surface area contributed by atoms with Crippen LogP contribution in [-0.2, 0) is 21.5 Å². The Labute approximate surface area is 189 Å². The van der Waals surface area contributed by atoms with Crippen LogP contribution in [0.15, 0.2) is 42.6 Å². The molecular formula is C25H30ClN3O2. The van der Waals surface area contributed by atoms with Gasteiger partial charge in [-0.1, -0.05) is 49.1 Å². The number of hydrogen-bond acceptors (Lipinski definition) is 3. The van der Waals surface area contributed by atoms with Crippen molar-refractivity contribution in [1.82, 2.24) is 15.2 Å². The van der Waals surface area contributed by atoms with Gasteiger partial charge in [-0.15, -0.1) is 0 Å². The smallest absolute Gasteiger partial charge is 0.233 e. The SMILES string of the molecule is CC(=O)NCc1ccc([C@H]2CCCN2C(=O)C2(c3ccc(Cl)cc3)CCCCC2)nc1. The number of carbonyl (C=O) groups is 2. The van der Waals surface area contributed by atoms with Gasteiger partial charge in [-0.3, -0.25) is 14.6 Å². The standard InChI is InChI=1S/C25H30ClN3O2/c1-18(30)27-16-19-7-12-22(28-17-19)23-6-5-15-29(23)24(31)25(13-3-2-4-14-25)20-8-10-21(26)11-9-20/h7-12,17,23H,2-6,13-16H2,1H3,(H,27,30)/t23-/m1/s1. The third-order valence-corrected chi connectivity index (χ3v) is 7.01. The molecule has 5 nitrogen and oxygen atoms in total. The van der Waals surface area contributed by atoms with Crippen LogP contribution in [-0.4, -0.2) is 28.2 Å². The summed E-state index contributed by atoms with van der Waals surface area (Å²) in [6.07, 6.45) is 8.83. The molecule has 4 rings (SSSR count). The van der Waals surface area contributed by atoms with Crippen molar-refractivity contribution >= 4 is 23.4 Å². The highest BCUT2D eigenvalue weighted by Crippen LogP contribution is 2.44. The lowest BCUT2D eigenvalue weighted by atomic mass is 9.68. The van der Waals surface area contributed by atoms with Gasteiger partial charge in [-0.05, 0) is 55.0 Å². The molecule has 1 atom stereocenters. The number of halogens is 1. The predicted molar refractivity (Wildman–Crippen MR) is 122 cm³/mol. The maximum absolute atomic E-state index is 14.1. The lowest BCUT2D eigenvalue weighted by Gasteiger charge is -2.41. The van der Waals surface area contributed by atoms with Crippen molar-refractivity contribution in [2.45, 2.75) is 69.9 Å². The summed E-state index contributed by atoms with van der Waals surface area (Å²) < 4.78 is 0. The Hall–Kier alpha value is -2.40. The van der Waals surface area contributed by atoms with Gasteiger partial charge >= 0.3 is 0 Å². The van der Waals surface area contributed by atoms with Gasteiger partial charge in [0, 0.05) is 31.2 Å². The topological polar surface area (TPSA) is 62.3 Å². The molecule has 31 heavy (non-hydrogen) atoms. The predicted octanol–water partition coefficient (Wildman–Crippen LogP) is 4.94. The minimum atomic E-state index is -0.462. The van der Waals surface area contributed by atoms with E-state index in [-0.39, 0.29) is 17.9 Å². The van der Waals surface area contributed by atoms with E-state index in [4.69, 9.17) is 11.6 Å². The van der Waals surface area contributed by atoms with Crippen LogP contribution in [0.5, 0.6) is 0 Å². The largest absolute Gasteiger partial charge is 0.352 e. The molecular weight excluding hydrogens is 410 g/mol. The fraction of sp³-hybridized carbons (Fsp3) is 0.480. The maximum Gasteiger partial charge on any atom is 0.233 e. The van der Waals surface area contributed by atoms with Crippen LogP contribution in [0.1, 0.15) is 74.7 Å². The minimum absolute atomic E-state index is 0.00779. The fourth-order valence-corrected chi connectivity index (χ4v) is 5.23. The number of nitrogens with zero attached hydrogens (tertiary/aromatic N) is 2. The zero-order valence-electron chi connectivity index (χ0n) is 18.1. The number of pyridine rings is 1. The van der Waals surface area contributed by atoms with Crippen LogP contribution in [0.25, 0.3) is 0 Å². The number of carbonyl (C=O) groups excluding carboxylic acids is 2. The number of amides is 2. The molecule has 1 saturated carbocycles. The van der Waals surface area contributed by atoms with Crippen LogP contribution < -0.4 is 5.32 Å². The summed E-state index contributed by atoms with van der Waals surface area (Å²) in [6.45, 7) is 2.75. The summed E-state index contributed by atoms with van der Waals surface area (Å²) in [5.74, 6) is 0.178. The van der Waals surface area contributed by atoms with Gasteiger partial charge in [0.15, 0.2) is 0 Å². The second-order valence-electron chi connectivity index (χ2n) is 8.81. The van der Waals surface area contributed by atoms with Crippen molar-refractivity contribution in [3.05, 3.63) is 64.4 Å². The summed E-state index contributed by atoms with van der Waals surface area (Å²) >= 11 is 6.13. The summed E-state index contributed by atoms with van der Waals surface area (Å²) in [5, 5.41) is 3.49. The van der Waals surface area contributed by atoms with E-state index >= 15 is 0 Å².